The van der Waals surface area contributed by atoms with Gasteiger partial charge in [-0.1, -0.05) is 0 Å². The van der Waals surface area contributed by atoms with Gasteiger partial charge in [0.05, 0.1) is 21.3 Å². The van der Waals surface area contributed by atoms with Crippen molar-refractivity contribution in [3.8, 4) is 17.2 Å². The average Bonchev–Trinajstić information content (AvgIpc) is 2.72. The number of benzene rings is 2. The van der Waals surface area contributed by atoms with Crippen LogP contribution in [0.4, 0.5) is 5.69 Å². The van der Waals surface area contributed by atoms with Crippen LogP contribution in [0, 0.1) is 6.92 Å². The summed E-state index contributed by atoms with van der Waals surface area (Å²) >= 11 is 0. The van der Waals surface area contributed by atoms with Crippen molar-refractivity contribution in [2.24, 2.45) is 0 Å². The van der Waals surface area contributed by atoms with E-state index in [1.54, 1.807) is 31.4 Å². The summed E-state index contributed by atoms with van der Waals surface area (Å²) in [5.41, 5.74) is 1.86. The molecule has 0 unspecified atom stereocenters. The zero-order valence-electron chi connectivity index (χ0n) is 16.8. The summed E-state index contributed by atoms with van der Waals surface area (Å²) in [5, 5.41) is 3.62. The zero-order chi connectivity index (χ0) is 21.0. The molecular formula is C22H23NO6. The Morgan fingerprint density at radius 2 is 1.62 bits per heavy atom. The average molecular weight is 397 g/mol. The number of carbonyl (C=O) groups is 1. The fourth-order valence-electron chi connectivity index (χ4n) is 3.13. The molecule has 0 radical (unpaired) electrons. The zero-order valence-corrected chi connectivity index (χ0v) is 16.8. The number of amides is 1. The summed E-state index contributed by atoms with van der Waals surface area (Å²) in [6, 6.07) is 10.4. The Labute approximate surface area is 168 Å². The highest BCUT2D eigenvalue weighted by atomic mass is 16.5. The second-order valence-corrected chi connectivity index (χ2v) is 6.50. The summed E-state index contributed by atoms with van der Waals surface area (Å²) in [7, 11) is 4.63. The summed E-state index contributed by atoms with van der Waals surface area (Å²) in [5.74, 6) is 1.53. The van der Waals surface area contributed by atoms with Gasteiger partial charge in [0, 0.05) is 47.3 Å². The molecule has 0 fully saturated rings. The summed E-state index contributed by atoms with van der Waals surface area (Å²) < 4.78 is 21.0. The van der Waals surface area contributed by atoms with Gasteiger partial charge < -0.3 is 23.9 Å². The topological polar surface area (TPSA) is 87.0 Å². The third kappa shape index (κ3) is 4.51. The second-order valence-electron chi connectivity index (χ2n) is 6.50. The largest absolute Gasteiger partial charge is 0.497 e. The lowest BCUT2D eigenvalue weighted by molar-refractivity contribution is -0.116. The number of aryl methyl sites for hydroxylation is 1. The first kappa shape index (κ1) is 20.3. The van der Waals surface area contributed by atoms with Gasteiger partial charge in [0.1, 0.15) is 22.8 Å². The van der Waals surface area contributed by atoms with Gasteiger partial charge in [0.2, 0.25) is 5.91 Å². The quantitative estimate of drug-likeness (QED) is 0.612. The van der Waals surface area contributed by atoms with Crippen LogP contribution in [-0.4, -0.2) is 27.2 Å². The van der Waals surface area contributed by atoms with Crippen molar-refractivity contribution in [3.05, 3.63) is 57.9 Å². The van der Waals surface area contributed by atoms with Crippen molar-refractivity contribution in [1.82, 2.24) is 0 Å². The lowest BCUT2D eigenvalue weighted by Gasteiger charge is -2.11. The lowest BCUT2D eigenvalue weighted by atomic mass is 10.0. The Balaban J connectivity index is 1.77. The van der Waals surface area contributed by atoms with Crippen LogP contribution in [0.2, 0.25) is 0 Å². The van der Waals surface area contributed by atoms with E-state index in [1.165, 1.54) is 14.2 Å². The standard InChI is InChI=1S/C22H23NO6/c1-13-18-6-5-15(26-2)12-20(18)29-22(25)19(13)7-8-21(24)23-14-9-16(27-3)11-17(10-14)28-4/h5-6,9-12H,7-8H2,1-4H3,(H,23,24). The lowest BCUT2D eigenvalue weighted by Crippen LogP contribution is -2.16. The molecule has 0 saturated heterocycles. The third-order valence-electron chi connectivity index (χ3n) is 4.73. The molecule has 7 nitrogen and oxygen atoms in total. The molecule has 29 heavy (non-hydrogen) atoms. The number of ether oxygens (including phenoxy) is 3. The molecule has 3 aromatic rings. The van der Waals surface area contributed by atoms with Crippen molar-refractivity contribution in [3.63, 3.8) is 0 Å². The van der Waals surface area contributed by atoms with E-state index < -0.39 is 5.63 Å². The number of hydrogen-bond acceptors (Lipinski definition) is 6. The van der Waals surface area contributed by atoms with E-state index in [0.717, 1.165) is 10.9 Å². The van der Waals surface area contributed by atoms with Crippen LogP contribution in [0.3, 0.4) is 0 Å². The molecule has 1 aromatic heterocycles. The Kier molecular flexibility index (Phi) is 6.07. The van der Waals surface area contributed by atoms with Gasteiger partial charge in [-0.2, -0.15) is 0 Å². The molecule has 0 spiro atoms. The smallest absolute Gasteiger partial charge is 0.339 e. The van der Waals surface area contributed by atoms with E-state index >= 15 is 0 Å². The monoisotopic (exact) mass is 397 g/mol. The van der Waals surface area contributed by atoms with Crippen molar-refractivity contribution >= 4 is 22.6 Å². The summed E-state index contributed by atoms with van der Waals surface area (Å²) in [4.78, 5) is 24.8. The van der Waals surface area contributed by atoms with Gasteiger partial charge in [0.25, 0.3) is 0 Å². The van der Waals surface area contributed by atoms with E-state index in [2.05, 4.69) is 5.32 Å². The van der Waals surface area contributed by atoms with Gasteiger partial charge >= 0.3 is 5.63 Å². The van der Waals surface area contributed by atoms with E-state index in [-0.39, 0.29) is 18.7 Å². The fourth-order valence-corrected chi connectivity index (χ4v) is 3.13. The number of carbonyl (C=O) groups excluding carboxylic acids is 1. The minimum absolute atomic E-state index is 0.132. The molecule has 1 N–H and O–H groups in total. The molecule has 2 aromatic carbocycles. The van der Waals surface area contributed by atoms with Crippen LogP contribution in [0.25, 0.3) is 11.0 Å². The van der Waals surface area contributed by atoms with Crippen molar-refractivity contribution in [2.45, 2.75) is 19.8 Å². The summed E-state index contributed by atoms with van der Waals surface area (Å²) in [6.45, 7) is 1.85. The van der Waals surface area contributed by atoms with Gasteiger partial charge in [-0.15, -0.1) is 0 Å². The van der Waals surface area contributed by atoms with Crippen LogP contribution in [-0.2, 0) is 11.2 Å². The molecule has 1 amide bonds. The minimum Gasteiger partial charge on any atom is -0.497 e. The highest BCUT2D eigenvalue weighted by molar-refractivity contribution is 5.91. The molecule has 7 heteroatoms. The van der Waals surface area contributed by atoms with Gasteiger partial charge in [-0.3, -0.25) is 4.79 Å². The number of fused-ring (bicyclic) bond motifs is 1. The van der Waals surface area contributed by atoms with Crippen molar-refractivity contribution in [2.75, 3.05) is 26.6 Å². The number of anilines is 1. The predicted octanol–water partition coefficient (Wildman–Crippen LogP) is 3.70. The summed E-state index contributed by atoms with van der Waals surface area (Å²) in [6.07, 6.45) is 0.399. The van der Waals surface area contributed by atoms with Crippen LogP contribution < -0.4 is 25.2 Å². The Hall–Kier alpha value is -3.48. The third-order valence-corrected chi connectivity index (χ3v) is 4.73. The van der Waals surface area contributed by atoms with Crippen molar-refractivity contribution in [1.29, 1.82) is 0 Å². The molecule has 0 aliphatic heterocycles. The minimum atomic E-state index is -0.445. The van der Waals surface area contributed by atoms with Gasteiger partial charge in [-0.25, -0.2) is 4.79 Å². The Bertz CT molecular complexity index is 1080. The molecular weight excluding hydrogens is 374 g/mol. The van der Waals surface area contributed by atoms with E-state index in [9.17, 15) is 9.59 Å². The number of methoxy groups -OCH3 is 3. The fraction of sp³-hybridized carbons (Fsp3) is 0.273. The van der Waals surface area contributed by atoms with Gasteiger partial charge in [0.15, 0.2) is 0 Å². The maximum absolute atomic E-state index is 12.4. The molecule has 1 heterocycles. The number of hydrogen-bond donors (Lipinski definition) is 1. The molecule has 0 saturated carbocycles. The van der Waals surface area contributed by atoms with Crippen molar-refractivity contribution < 1.29 is 23.4 Å². The first-order valence-electron chi connectivity index (χ1n) is 9.08. The predicted molar refractivity (Wildman–Crippen MR) is 110 cm³/mol. The highest BCUT2D eigenvalue weighted by Gasteiger charge is 2.14. The molecule has 152 valence electrons. The number of rotatable bonds is 7. The van der Waals surface area contributed by atoms with Crippen LogP contribution in [0.5, 0.6) is 17.2 Å². The Morgan fingerprint density at radius 1 is 0.966 bits per heavy atom. The molecule has 0 aliphatic carbocycles. The van der Waals surface area contributed by atoms with E-state index in [1.807, 2.05) is 19.1 Å². The molecule has 3 rings (SSSR count). The molecule has 0 aliphatic rings. The molecule has 0 atom stereocenters. The van der Waals surface area contributed by atoms with Crippen LogP contribution in [0.15, 0.2) is 45.6 Å². The maximum atomic E-state index is 12.4. The normalized spacial score (nSPS) is 10.6. The Morgan fingerprint density at radius 3 is 2.24 bits per heavy atom. The van der Waals surface area contributed by atoms with Crippen LogP contribution in [0.1, 0.15) is 17.5 Å². The first-order valence-corrected chi connectivity index (χ1v) is 9.08. The van der Waals surface area contributed by atoms with E-state index in [0.29, 0.717) is 34.1 Å². The van der Waals surface area contributed by atoms with E-state index in [4.69, 9.17) is 18.6 Å². The SMILES string of the molecule is COc1cc(NC(=O)CCc2c(C)c3ccc(OC)cc3oc2=O)cc(OC)c1. The number of nitrogens with one attached hydrogen (secondary N) is 1. The second kappa shape index (κ2) is 8.68. The first-order chi connectivity index (χ1) is 13.9. The molecule has 0 bridgehead atoms. The van der Waals surface area contributed by atoms with Gasteiger partial charge in [-0.05, 0) is 31.0 Å². The maximum Gasteiger partial charge on any atom is 0.339 e. The highest BCUT2D eigenvalue weighted by Crippen LogP contribution is 2.27. The van der Waals surface area contributed by atoms with Crippen LogP contribution >= 0.6 is 0 Å².